The molecular weight excluding hydrogens is 478 g/mol. The normalized spacial score (nSPS) is 27.7. The maximum absolute atomic E-state index is 13.4. The summed E-state index contributed by atoms with van der Waals surface area (Å²) >= 11 is 0. The van der Waals surface area contributed by atoms with Crippen LogP contribution in [0, 0.1) is 0 Å². The maximum atomic E-state index is 13.4. The van der Waals surface area contributed by atoms with Crippen molar-refractivity contribution in [2.45, 2.75) is 122 Å². The van der Waals surface area contributed by atoms with Crippen LogP contribution < -0.4 is 0 Å². The number of hydrogen-bond acceptors (Lipinski definition) is 8. The molecule has 0 aromatic heterocycles. The second-order valence-corrected chi connectivity index (χ2v) is 18.8. The first-order valence-electron chi connectivity index (χ1n) is 12.0. The summed E-state index contributed by atoms with van der Waals surface area (Å²) in [5.74, 6) is -0.800. The Balaban J connectivity index is 2.33. The van der Waals surface area contributed by atoms with Crippen LogP contribution in [0.1, 0.15) is 68.2 Å². The van der Waals surface area contributed by atoms with Crippen LogP contribution in [0.15, 0.2) is 0 Å². The van der Waals surface area contributed by atoms with E-state index >= 15 is 0 Å². The predicted octanol–water partition coefficient (Wildman–Crippen LogP) is 4.27. The third-order valence-electron chi connectivity index (χ3n) is 6.60. The number of amides is 1. The van der Waals surface area contributed by atoms with Gasteiger partial charge in [-0.25, -0.2) is 4.79 Å². The maximum Gasteiger partial charge on any atom is 0.411 e. The summed E-state index contributed by atoms with van der Waals surface area (Å²) in [6, 6.07) is -0.755. The molecule has 200 valence electrons. The van der Waals surface area contributed by atoms with Gasteiger partial charge in [0.1, 0.15) is 17.8 Å². The summed E-state index contributed by atoms with van der Waals surface area (Å²) in [7, 11) is -5.64. The van der Waals surface area contributed by atoms with Gasteiger partial charge in [0.05, 0.1) is 31.6 Å². The van der Waals surface area contributed by atoms with E-state index in [0.29, 0.717) is 19.4 Å². The van der Waals surface area contributed by atoms with Crippen molar-refractivity contribution in [2.24, 2.45) is 0 Å². The molecule has 0 radical (unpaired) electrons. The topological polar surface area (TPSA) is 101 Å². The molecule has 0 unspecified atom stereocenters. The van der Waals surface area contributed by atoms with Gasteiger partial charge in [-0.1, -0.05) is 20.8 Å². The number of hydrogen-bond donors (Lipinski definition) is 0. The van der Waals surface area contributed by atoms with Crippen LogP contribution in [0.25, 0.3) is 0 Å². The fourth-order valence-electron chi connectivity index (χ4n) is 4.05. The molecule has 9 nitrogen and oxygen atoms in total. The minimum absolute atomic E-state index is 0.0104. The van der Waals surface area contributed by atoms with Crippen molar-refractivity contribution in [2.75, 3.05) is 19.5 Å². The Morgan fingerprint density at radius 3 is 2.03 bits per heavy atom. The molecule has 0 bridgehead atoms. The van der Waals surface area contributed by atoms with Gasteiger partial charge in [-0.05, 0) is 65.6 Å². The number of nitrogens with zero attached hydrogens (tertiary/aromatic N) is 1. The zero-order valence-electron chi connectivity index (χ0n) is 22.8. The molecule has 4 atom stereocenters. The number of fused-ring (bicyclic) bond motifs is 1. The van der Waals surface area contributed by atoms with Crippen LogP contribution in [0.4, 0.5) is 4.79 Å². The van der Waals surface area contributed by atoms with Crippen molar-refractivity contribution < 1.29 is 36.0 Å². The summed E-state index contributed by atoms with van der Waals surface area (Å²) in [6.45, 7) is 20.4. The molecule has 11 heteroatoms. The average Bonchev–Trinajstić information content (AvgIpc) is 3.04. The standard InChI is InChI=1S/C23H45NO8SSi/c1-21(2,3)32-20(25)24-16(13-12-14-28-33(9,26)27)18-19(31-23(7,8)30-18)17(24)15-29-34(10,11)22(4,5)6/h16-19H,12-15H2,1-11H3/t16-,17-,18+,19-/m1/s1. The lowest BCUT2D eigenvalue weighted by atomic mass is 10.0. The highest BCUT2D eigenvalue weighted by atomic mass is 32.2. The Kier molecular flexibility index (Phi) is 8.65. The Bertz CT molecular complexity index is 831. The largest absolute Gasteiger partial charge is 0.444 e. The number of rotatable bonds is 8. The molecule has 0 aromatic rings. The fraction of sp³-hybridized carbons (Fsp3) is 0.957. The molecule has 2 saturated heterocycles. The lowest BCUT2D eigenvalue weighted by Gasteiger charge is -2.40. The number of ether oxygens (including phenoxy) is 3. The van der Waals surface area contributed by atoms with Crippen LogP contribution in [0.5, 0.6) is 0 Å². The lowest BCUT2D eigenvalue weighted by Crippen LogP contribution is -2.52. The van der Waals surface area contributed by atoms with E-state index in [1.54, 1.807) is 4.90 Å². The van der Waals surface area contributed by atoms with E-state index in [2.05, 4.69) is 33.9 Å². The van der Waals surface area contributed by atoms with Crippen LogP contribution in [0.2, 0.25) is 18.1 Å². The summed E-state index contributed by atoms with van der Waals surface area (Å²) in [6.07, 6.45) is 0.717. The molecular formula is C23H45NO8SSi. The first-order valence-corrected chi connectivity index (χ1v) is 16.7. The average molecular weight is 524 g/mol. The second kappa shape index (κ2) is 9.97. The Labute approximate surface area is 207 Å². The van der Waals surface area contributed by atoms with Crippen LogP contribution >= 0.6 is 0 Å². The van der Waals surface area contributed by atoms with Crippen LogP contribution in [-0.2, 0) is 32.9 Å². The number of likely N-dealkylation sites (tertiary alicyclic amines) is 1. The van der Waals surface area contributed by atoms with E-state index in [0.717, 1.165) is 6.26 Å². The zero-order chi connectivity index (χ0) is 26.3. The Morgan fingerprint density at radius 2 is 1.56 bits per heavy atom. The van der Waals surface area contributed by atoms with Gasteiger partial charge in [0.25, 0.3) is 10.1 Å². The quantitative estimate of drug-likeness (QED) is 0.264. The first kappa shape index (κ1) is 29.5. The van der Waals surface area contributed by atoms with Crippen LogP contribution in [-0.4, -0.2) is 82.9 Å². The van der Waals surface area contributed by atoms with E-state index in [1.165, 1.54) is 0 Å². The van der Waals surface area contributed by atoms with Gasteiger partial charge in [0, 0.05) is 0 Å². The second-order valence-electron chi connectivity index (χ2n) is 12.3. The summed E-state index contributed by atoms with van der Waals surface area (Å²) < 4.78 is 52.5. The Hall–Kier alpha value is -0.723. The minimum Gasteiger partial charge on any atom is -0.444 e. The minimum atomic E-state index is -3.54. The highest BCUT2D eigenvalue weighted by Crippen LogP contribution is 2.44. The van der Waals surface area contributed by atoms with E-state index in [9.17, 15) is 13.2 Å². The molecule has 0 N–H and O–H groups in total. The summed E-state index contributed by atoms with van der Waals surface area (Å²) in [5.41, 5.74) is -0.676. The van der Waals surface area contributed by atoms with Crippen molar-refractivity contribution in [3.8, 4) is 0 Å². The monoisotopic (exact) mass is 523 g/mol. The van der Waals surface area contributed by atoms with Gasteiger partial charge < -0.3 is 18.6 Å². The molecule has 2 aliphatic rings. The Morgan fingerprint density at radius 1 is 1.03 bits per heavy atom. The van der Waals surface area contributed by atoms with E-state index in [1.807, 2.05) is 34.6 Å². The van der Waals surface area contributed by atoms with Gasteiger partial charge in [0.15, 0.2) is 14.1 Å². The van der Waals surface area contributed by atoms with E-state index in [-0.39, 0.29) is 29.9 Å². The molecule has 2 fully saturated rings. The summed E-state index contributed by atoms with van der Waals surface area (Å²) in [4.78, 5) is 15.1. The van der Waals surface area contributed by atoms with Crippen molar-refractivity contribution >= 4 is 24.5 Å². The van der Waals surface area contributed by atoms with Crippen LogP contribution in [0.3, 0.4) is 0 Å². The first-order chi connectivity index (χ1) is 15.1. The molecule has 0 saturated carbocycles. The lowest BCUT2D eigenvalue weighted by molar-refractivity contribution is -0.168. The zero-order valence-corrected chi connectivity index (χ0v) is 24.6. The highest BCUT2D eigenvalue weighted by molar-refractivity contribution is 7.85. The molecule has 0 aromatic carbocycles. The van der Waals surface area contributed by atoms with Crippen molar-refractivity contribution in [3.63, 3.8) is 0 Å². The smallest absolute Gasteiger partial charge is 0.411 e. The fourth-order valence-corrected chi connectivity index (χ4v) is 5.49. The van der Waals surface area contributed by atoms with Gasteiger partial charge in [-0.2, -0.15) is 8.42 Å². The number of carbonyl (C=O) groups is 1. The third-order valence-corrected chi connectivity index (χ3v) is 11.7. The molecule has 34 heavy (non-hydrogen) atoms. The van der Waals surface area contributed by atoms with Crippen molar-refractivity contribution in [1.29, 1.82) is 0 Å². The van der Waals surface area contributed by atoms with Gasteiger partial charge in [0.2, 0.25) is 0 Å². The molecule has 0 spiro atoms. The molecule has 2 heterocycles. The molecule has 1 amide bonds. The predicted molar refractivity (Wildman–Crippen MR) is 133 cm³/mol. The molecule has 0 aliphatic carbocycles. The van der Waals surface area contributed by atoms with Crippen molar-refractivity contribution in [3.05, 3.63) is 0 Å². The van der Waals surface area contributed by atoms with Crippen molar-refractivity contribution in [1.82, 2.24) is 4.90 Å². The van der Waals surface area contributed by atoms with Gasteiger partial charge in [-0.15, -0.1) is 0 Å². The van der Waals surface area contributed by atoms with E-state index in [4.69, 9.17) is 22.8 Å². The SMILES string of the molecule is CC(C)(C)OC(=O)N1[C@H](CCCOS(C)(=O)=O)[C@@H]2OC(C)(C)O[C@@H]2[C@H]1CO[Si](C)(C)C(C)(C)C. The number of carbonyl (C=O) groups excluding carboxylic acids is 1. The van der Waals surface area contributed by atoms with Gasteiger partial charge >= 0.3 is 6.09 Å². The third kappa shape index (κ3) is 7.64. The van der Waals surface area contributed by atoms with E-state index < -0.39 is 42.0 Å². The summed E-state index contributed by atoms with van der Waals surface area (Å²) in [5, 5.41) is 0.0104. The molecule has 2 aliphatic heterocycles. The highest BCUT2D eigenvalue weighted by Gasteiger charge is 2.60. The van der Waals surface area contributed by atoms with Gasteiger partial charge in [-0.3, -0.25) is 9.08 Å². The molecule has 2 rings (SSSR count).